The van der Waals surface area contributed by atoms with Crippen molar-refractivity contribution in [2.24, 2.45) is 0 Å². The fraction of sp³-hybridized carbons (Fsp3) is 0.517. The maximum absolute atomic E-state index is 12.8. The van der Waals surface area contributed by atoms with Gasteiger partial charge in [-0.25, -0.2) is 0 Å². The van der Waals surface area contributed by atoms with Gasteiger partial charge < -0.3 is 15.0 Å². The minimum absolute atomic E-state index is 0.0146. The highest BCUT2D eigenvalue weighted by Gasteiger charge is 2.20. The molecule has 0 saturated heterocycles. The quantitative estimate of drug-likeness (QED) is 0.292. The summed E-state index contributed by atoms with van der Waals surface area (Å²) >= 11 is 0. The number of rotatable bonds is 16. The molecule has 0 heterocycles. The number of nitrogens with zero attached hydrogens (tertiary/aromatic N) is 1. The molecule has 1 N–H and O–H groups in total. The van der Waals surface area contributed by atoms with E-state index in [1.54, 1.807) is 4.90 Å². The van der Waals surface area contributed by atoms with Crippen LogP contribution in [0, 0.1) is 0 Å². The van der Waals surface area contributed by atoms with Crippen LogP contribution in [0.25, 0.3) is 0 Å². The lowest BCUT2D eigenvalue weighted by atomic mass is 10.1. The molecule has 1 unspecified atom stereocenters. The Labute approximate surface area is 205 Å². The Morgan fingerprint density at radius 1 is 0.912 bits per heavy atom. The molecule has 0 aliphatic heterocycles. The number of benzene rings is 2. The van der Waals surface area contributed by atoms with Gasteiger partial charge in [0.1, 0.15) is 6.61 Å². The van der Waals surface area contributed by atoms with Crippen molar-refractivity contribution in [3.8, 4) is 0 Å². The molecular formula is C29H42N2O3. The molecule has 0 aliphatic rings. The number of nitrogens with one attached hydrogen (secondary N) is 1. The average Bonchev–Trinajstić information content (AvgIpc) is 2.85. The summed E-state index contributed by atoms with van der Waals surface area (Å²) in [6, 6.07) is 18.0. The van der Waals surface area contributed by atoms with Gasteiger partial charge >= 0.3 is 0 Å². The number of hydrogen-bond acceptors (Lipinski definition) is 3. The van der Waals surface area contributed by atoms with Gasteiger partial charge in [0.25, 0.3) is 0 Å². The Bertz CT molecular complexity index is 836. The number of unbranched alkanes of at least 4 members (excludes halogenated alkanes) is 4. The summed E-state index contributed by atoms with van der Waals surface area (Å²) in [5, 5.41) is 2.96. The average molecular weight is 467 g/mol. The van der Waals surface area contributed by atoms with Gasteiger partial charge in [-0.05, 0) is 49.4 Å². The normalized spacial score (nSPS) is 11.7. The minimum atomic E-state index is -0.0846. The highest BCUT2D eigenvalue weighted by Crippen LogP contribution is 2.14. The van der Waals surface area contributed by atoms with Crippen LogP contribution in [0.15, 0.2) is 54.6 Å². The predicted octanol–water partition coefficient (Wildman–Crippen LogP) is 6.37. The Balaban J connectivity index is 1.76. The lowest BCUT2D eigenvalue weighted by molar-refractivity contribution is -0.139. The number of aryl methyl sites for hydroxylation is 1. The third-order valence-corrected chi connectivity index (χ3v) is 6.17. The van der Waals surface area contributed by atoms with Crippen LogP contribution < -0.4 is 5.32 Å². The van der Waals surface area contributed by atoms with E-state index in [2.05, 4.69) is 24.4 Å². The zero-order valence-corrected chi connectivity index (χ0v) is 21.2. The first-order chi connectivity index (χ1) is 16.5. The molecule has 1 atom stereocenters. The maximum atomic E-state index is 12.8. The molecule has 0 spiro atoms. The maximum Gasteiger partial charge on any atom is 0.248 e. The molecule has 2 aromatic carbocycles. The number of carbonyl (C=O) groups is 2. The smallest absolute Gasteiger partial charge is 0.248 e. The topological polar surface area (TPSA) is 58.6 Å². The second kappa shape index (κ2) is 16.0. The molecule has 2 rings (SSSR count). The summed E-state index contributed by atoms with van der Waals surface area (Å²) in [6.45, 7) is 7.07. The summed E-state index contributed by atoms with van der Waals surface area (Å²) in [6.07, 6.45) is 8.52. The number of ether oxygens (including phenoxy) is 1. The molecule has 34 heavy (non-hydrogen) atoms. The summed E-state index contributed by atoms with van der Waals surface area (Å²) in [5.74, 6) is -0.167. The van der Waals surface area contributed by atoms with E-state index in [0.717, 1.165) is 24.1 Å². The van der Waals surface area contributed by atoms with Gasteiger partial charge in [-0.3, -0.25) is 9.59 Å². The molecule has 0 fully saturated rings. The lowest BCUT2D eigenvalue weighted by Crippen LogP contribution is -2.42. The zero-order valence-electron chi connectivity index (χ0n) is 21.2. The van der Waals surface area contributed by atoms with Crippen molar-refractivity contribution in [1.29, 1.82) is 0 Å². The fourth-order valence-electron chi connectivity index (χ4n) is 3.86. The van der Waals surface area contributed by atoms with Crippen molar-refractivity contribution >= 4 is 17.5 Å². The minimum Gasteiger partial charge on any atom is -0.367 e. The van der Waals surface area contributed by atoms with E-state index in [1.165, 1.54) is 37.7 Å². The van der Waals surface area contributed by atoms with Crippen molar-refractivity contribution in [3.05, 3.63) is 65.7 Å². The third kappa shape index (κ3) is 10.5. The van der Waals surface area contributed by atoms with Gasteiger partial charge in [0.05, 0.1) is 6.61 Å². The van der Waals surface area contributed by atoms with Crippen LogP contribution in [0.4, 0.5) is 5.69 Å². The first-order valence-corrected chi connectivity index (χ1v) is 12.8. The van der Waals surface area contributed by atoms with Gasteiger partial charge in [-0.1, -0.05) is 82.0 Å². The monoisotopic (exact) mass is 466 g/mol. The van der Waals surface area contributed by atoms with E-state index in [1.807, 2.05) is 56.3 Å². The Hall–Kier alpha value is -2.66. The van der Waals surface area contributed by atoms with Crippen LogP contribution in [0.5, 0.6) is 0 Å². The van der Waals surface area contributed by atoms with Crippen LogP contribution in [0.3, 0.4) is 0 Å². The Morgan fingerprint density at radius 3 is 2.29 bits per heavy atom. The third-order valence-electron chi connectivity index (χ3n) is 6.17. The molecule has 186 valence electrons. The summed E-state index contributed by atoms with van der Waals surface area (Å²) in [4.78, 5) is 27.0. The number of anilines is 1. The van der Waals surface area contributed by atoms with Gasteiger partial charge in [0.15, 0.2) is 0 Å². The highest BCUT2D eigenvalue weighted by molar-refractivity contribution is 5.91. The van der Waals surface area contributed by atoms with Crippen molar-refractivity contribution in [3.63, 3.8) is 0 Å². The molecule has 2 amide bonds. The summed E-state index contributed by atoms with van der Waals surface area (Å²) < 4.78 is 5.63. The first-order valence-electron chi connectivity index (χ1n) is 12.8. The molecule has 5 heteroatoms. The van der Waals surface area contributed by atoms with Crippen LogP contribution in [-0.2, 0) is 27.4 Å². The fourth-order valence-corrected chi connectivity index (χ4v) is 3.86. The van der Waals surface area contributed by atoms with E-state index in [-0.39, 0.29) is 30.9 Å². The van der Waals surface area contributed by atoms with Crippen LogP contribution in [0.2, 0.25) is 0 Å². The van der Waals surface area contributed by atoms with Crippen LogP contribution in [0.1, 0.15) is 76.8 Å². The second-order valence-corrected chi connectivity index (χ2v) is 8.98. The first kappa shape index (κ1) is 27.6. The number of hydrogen-bond donors (Lipinski definition) is 1. The van der Waals surface area contributed by atoms with Gasteiger partial charge in [0, 0.05) is 24.7 Å². The molecule has 0 bridgehead atoms. The van der Waals surface area contributed by atoms with E-state index in [4.69, 9.17) is 4.74 Å². The van der Waals surface area contributed by atoms with E-state index in [0.29, 0.717) is 13.2 Å². The second-order valence-electron chi connectivity index (χ2n) is 8.98. The van der Waals surface area contributed by atoms with Crippen LogP contribution in [-0.4, -0.2) is 35.9 Å². The summed E-state index contributed by atoms with van der Waals surface area (Å²) in [7, 11) is 0. The molecule has 0 saturated carbocycles. The van der Waals surface area contributed by atoms with Gasteiger partial charge in [-0.2, -0.15) is 0 Å². The van der Waals surface area contributed by atoms with Crippen molar-refractivity contribution in [2.45, 2.75) is 84.8 Å². The zero-order chi connectivity index (χ0) is 24.6. The predicted molar refractivity (Wildman–Crippen MR) is 140 cm³/mol. The largest absolute Gasteiger partial charge is 0.367 e. The van der Waals surface area contributed by atoms with Gasteiger partial charge in [-0.15, -0.1) is 0 Å². The van der Waals surface area contributed by atoms with E-state index < -0.39 is 0 Å². The van der Waals surface area contributed by atoms with E-state index in [9.17, 15) is 9.59 Å². The van der Waals surface area contributed by atoms with Crippen molar-refractivity contribution in [2.75, 3.05) is 18.5 Å². The SMILES string of the molecule is CCCCCCCc1ccc(NC(=O)CCN(C(=O)COCc2ccccc2)C(C)CC)cc1. The highest BCUT2D eigenvalue weighted by atomic mass is 16.5. The molecule has 0 aromatic heterocycles. The van der Waals surface area contributed by atoms with Crippen molar-refractivity contribution < 1.29 is 14.3 Å². The molecular weight excluding hydrogens is 424 g/mol. The lowest BCUT2D eigenvalue weighted by Gasteiger charge is -2.28. The molecule has 5 nitrogen and oxygen atoms in total. The molecule has 2 aromatic rings. The van der Waals surface area contributed by atoms with Crippen LogP contribution >= 0.6 is 0 Å². The van der Waals surface area contributed by atoms with Crippen molar-refractivity contribution in [1.82, 2.24) is 4.90 Å². The molecule has 0 aliphatic carbocycles. The summed E-state index contributed by atoms with van der Waals surface area (Å²) in [5.41, 5.74) is 3.14. The Morgan fingerprint density at radius 2 is 1.62 bits per heavy atom. The Kier molecular flexibility index (Phi) is 13.0. The molecule has 0 radical (unpaired) electrons. The number of carbonyl (C=O) groups excluding carboxylic acids is 2. The van der Waals surface area contributed by atoms with Gasteiger partial charge in [0.2, 0.25) is 11.8 Å². The standard InChI is InChI=1S/C29H42N2O3/c1-4-6-7-8-10-13-25-16-18-27(19-17-25)30-28(32)20-21-31(24(3)5-2)29(33)23-34-22-26-14-11-9-12-15-26/h9,11-12,14-19,24H,4-8,10,13,20-23H2,1-3H3,(H,30,32). The van der Waals surface area contributed by atoms with E-state index >= 15 is 0 Å². The number of amides is 2.